The summed E-state index contributed by atoms with van der Waals surface area (Å²) in [5.74, 6) is 1.01. The SMILES string of the molecule is COc1ccc(OC)c(N2CC(C(=O)N3CCCC(C4OCCO4)C3)CC2=O)c1. The molecular weight excluding hydrogens is 376 g/mol. The lowest BCUT2D eigenvalue weighted by Gasteiger charge is -2.36. The molecule has 1 aromatic carbocycles. The van der Waals surface area contributed by atoms with Crippen molar-refractivity contribution in [2.45, 2.75) is 25.6 Å². The van der Waals surface area contributed by atoms with Crippen LogP contribution in [-0.2, 0) is 19.1 Å². The highest BCUT2D eigenvalue weighted by atomic mass is 16.7. The molecule has 1 aromatic rings. The van der Waals surface area contributed by atoms with E-state index in [0.717, 1.165) is 19.4 Å². The quantitative estimate of drug-likeness (QED) is 0.743. The number of benzene rings is 1. The molecule has 0 N–H and O–H groups in total. The molecule has 8 nitrogen and oxygen atoms in total. The van der Waals surface area contributed by atoms with E-state index in [9.17, 15) is 9.59 Å². The van der Waals surface area contributed by atoms with Crippen LogP contribution >= 0.6 is 0 Å². The Morgan fingerprint density at radius 1 is 1.14 bits per heavy atom. The van der Waals surface area contributed by atoms with E-state index in [4.69, 9.17) is 18.9 Å². The first kappa shape index (κ1) is 20.0. The van der Waals surface area contributed by atoms with Gasteiger partial charge in [-0.3, -0.25) is 9.59 Å². The molecule has 0 saturated carbocycles. The lowest BCUT2D eigenvalue weighted by atomic mass is 9.95. The second kappa shape index (κ2) is 8.59. The van der Waals surface area contributed by atoms with E-state index in [-0.39, 0.29) is 36.4 Å². The van der Waals surface area contributed by atoms with Crippen molar-refractivity contribution in [3.63, 3.8) is 0 Å². The smallest absolute Gasteiger partial charge is 0.228 e. The van der Waals surface area contributed by atoms with Crippen molar-refractivity contribution in [2.75, 3.05) is 52.0 Å². The summed E-state index contributed by atoms with van der Waals surface area (Å²) in [6.07, 6.45) is 1.91. The van der Waals surface area contributed by atoms with Crippen molar-refractivity contribution in [2.24, 2.45) is 11.8 Å². The molecule has 0 radical (unpaired) electrons. The number of hydrogen-bond donors (Lipinski definition) is 0. The average Bonchev–Trinajstić information content (AvgIpc) is 3.43. The Morgan fingerprint density at radius 2 is 1.93 bits per heavy atom. The number of ether oxygens (including phenoxy) is 4. The highest BCUT2D eigenvalue weighted by Gasteiger charge is 2.40. The summed E-state index contributed by atoms with van der Waals surface area (Å²) in [6, 6.07) is 5.33. The fourth-order valence-electron chi connectivity index (χ4n) is 4.45. The summed E-state index contributed by atoms with van der Waals surface area (Å²) < 4.78 is 22.0. The maximum absolute atomic E-state index is 13.2. The summed E-state index contributed by atoms with van der Waals surface area (Å²) in [5.41, 5.74) is 0.636. The Kier molecular flexibility index (Phi) is 5.91. The van der Waals surface area contributed by atoms with E-state index in [0.29, 0.717) is 43.5 Å². The monoisotopic (exact) mass is 404 g/mol. The summed E-state index contributed by atoms with van der Waals surface area (Å²) >= 11 is 0. The predicted octanol–water partition coefficient (Wildman–Crippen LogP) is 1.67. The second-order valence-corrected chi connectivity index (χ2v) is 7.74. The molecule has 3 aliphatic heterocycles. The van der Waals surface area contributed by atoms with Crippen LogP contribution in [0.25, 0.3) is 0 Å². The Morgan fingerprint density at radius 3 is 2.66 bits per heavy atom. The number of likely N-dealkylation sites (tertiary alicyclic amines) is 1. The zero-order valence-electron chi connectivity index (χ0n) is 17.0. The first-order chi connectivity index (χ1) is 14.1. The maximum atomic E-state index is 13.2. The fourth-order valence-corrected chi connectivity index (χ4v) is 4.45. The normalized spacial score (nSPS) is 25.5. The van der Waals surface area contributed by atoms with Gasteiger partial charge in [-0.25, -0.2) is 0 Å². The molecule has 2 amide bonds. The van der Waals surface area contributed by atoms with Gasteiger partial charge in [0, 0.05) is 38.0 Å². The van der Waals surface area contributed by atoms with Crippen LogP contribution in [0, 0.1) is 11.8 Å². The van der Waals surface area contributed by atoms with E-state index < -0.39 is 0 Å². The van der Waals surface area contributed by atoms with Crippen molar-refractivity contribution < 1.29 is 28.5 Å². The summed E-state index contributed by atoms with van der Waals surface area (Å²) in [7, 11) is 3.14. The van der Waals surface area contributed by atoms with Crippen LogP contribution in [0.5, 0.6) is 11.5 Å². The van der Waals surface area contributed by atoms with Crippen LogP contribution in [0.3, 0.4) is 0 Å². The van der Waals surface area contributed by atoms with Gasteiger partial charge in [-0.15, -0.1) is 0 Å². The number of piperidine rings is 1. The zero-order chi connectivity index (χ0) is 20.4. The van der Waals surface area contributed by atoms with Gasteiger partial charge in [0.2, 0.25) is 11.8 Å². The minimum absolute atomic E-state index is 0.0328. The zero-order valence-corrected chi connectivity index (χ0v) is 17.0. The van der Waals surface area contributed by atoms with Crippen molar-refractivity contribution >= 4 is 17.5 Å². The topological polar surface area (TPSA) is 77.5 Å². The third-order valence-electron chi connectivity index (χ3n) is 5.95. The molecular formula is C21H28N2O6. The highest BCUT2D eigenvalue weighted by molar-refractivity contribution is 6.01. The van der Waals surface area contributed by atoms with Crippen LogP contribution in [0.4, 0.5) is 5.69 Å². The number of amides is 2. The third kappa shape index (κ3) is 4.04. The molecule has 3 heterocycles. The van der Waals surface area contributed by atoms with Crippen LogP contribution in [0.15, 0.2) is 18.2 Å². The molecule has 8 heteroatoms. The van der Waals surface area contributed by atoms with Gasteiger partial charge in [0.15, 0.2) is 6.29 Å². The van der Waals surface area contributed by atoms with Gasteiger partial charge in [0.1, 0.15) is 11.5 Å². The van der Waals surface area contributed by atoms with Gasteiger partial charge in [-0.1, -0.05) is 0 Å². The van der Waals surface area contributed by atoms with Crippen molar-refractivity contribution in [1.82, 2.24) is 4.90 Å². The average molecular weight is 404 g/mol. The molecule has 4 rings (SSSR count). The summed E-state index contributed by atoms with van der Waals surface area (Å²) in [6.45, 7) is 2.91. The van der Waals surface area contributed by atoms with E-state index in [1.54, 1.807) is 37.3 Å². The maximum Gasteiger partial charge on any atom is 0.228 e. The molecule has 2 atom stereocenters. The van der Waals surface area contributed by atoms with Crippen LogP contribution in [0.2, 0.25) is 0 Å². The number of rotatable bonds is 5. The summed E-state index contributed by atoms with van der Waals surface area (Å²) in [4.78, 5) is 29.4. The van der Waals surface area contributed by atoms with Gasteiger partial charge >= 0.3 is 0 Å². The molecule has 0 spiro atoms. The Bertz CT molecular complexity index is 764. The Labute approximate surface area is 170 Å². The van der Waals surface area contributed by atoms with Gasteiger partial charge in [0.25, 0.3) is 0 Å². The molecule has 2 unspecified atom stereocenters. The van der Waals surface area contributed by atoms with Gasteiger partial charge in [-0.2, -0.15) is 0 Å². The molecule has 29 heavy (non-hydrogen) atoms. The standard InChI is InChI=1S/C21H28N2O6/c1-26-16-5-6-18(27-2)17(11-16)23-13-15(10-19(23)24)20(25)22-7-3-4-14(12-22)21-28-8-9-29-21/h5-6,11,14-15,21H,3-4,7-10,12-13H2,1-2H3. The van der Waals surface area contributed by atoms with Gasteiger partial charge in [0.05, 0.1) is 39.0 Å². The summed E-state index contributed by atoms with van der Waals surface area (Å²) in [5, 5.41) is 0. The largest absolute Gasteiger partial charge is 0.497 e. The van der Waals surface area contributed by atoms with E-state index >= 15 is 0 Å². The van der Waals surface area contributed by atoms with Crippen molar-refractivity contribution in [3.8, 4) is 11.5 Å². The third-order valence-corrected chi connectivity index (χ3v) is 5.95. The predicted molar refractivity (Wildman–Crippen MR) is 105 cm³/mol. The Hall–Kier alpha value is -2.32. The van der Waals surface area contributed by atoms with E-state index in [2.05, 4.69) is 0 Å². The van der Waals surface area contributed by atoms with Crippen LogP contribution in [0.1, 0.15) is 19.3 Å². The molecule has 3 saturated heterocycles. The van der Waals surface area contributed by atoms with Crippen LogP contribution < -0.4 is 14.4 Å². The highest BCUT2D eigenvalue weighted by Crippen LogP contribution is 2.37. The number of methoxy groups -OCH3 is 2. The van der Waals surface area contributed by atoms with E-state index in [1.165, 1.54) is 0 Å². The molecule has 0 bridgehead atoms. The lowest BCUT2D eigenvalue weighted by molar-refractivity contribution is -0.143. The number of anilines is 1. The fraction of sp³-hybridized carbons (Fsp3) is 0.619. The molecule has 0 aromatic heterocycles. The van der Waals surface area contributed by atoms with Crippen molar-refractivity contribution in [3.05, 3.63) is 18.2 Å². The minimum atomic E-state index is -0.359. The first-order valence-corrected chi connectivity index (χ1v) is 10.1. The molecule has 158 valence electrons. The number of carbonyl (C=O) groups is 2. The lowest BCUT2D eigenvalue weighted by Crippen LogP contribution is -2.46. The Balaban J connectivity index is 1.45. The number of carbonyl (C=O) groups excluding carboxylic acids is 2. The molecule has 3 aliphatic rings. The van der Waals surface area contributed by atoms with Crippen LogP contribution in [-0.4, -0.2) is 70.1 Å². The van der Waals surface area contributed by atoms with Gasteiger partial charge in [-0.05, 0) is 25.0 Å². The second-order valence-electron chi connectivity index (χ2n) is 7.74. The van der Waals surface area contributed by atoms with Gasteiger partial charge < -0.3 is 28.7 Å². The molecule has 3 fully saturated rings. The minimum Gasteiger partial charge on any atom is -0.497 e. The molecule has 0 aliphatic carbocycles. The number of hydrogen-bond acceptors (Lipinski definition) is 6. The van der Waals surface area contributed by atoms with Crippen molar-refractivity contribution in [1.29, 1.82) is 0 Å². The van der Waals surface area contributed by atoms with E-state index in [1.807, 2.05) is 4.90 Å². The number of nitrogens with zero attached hydrogens (tertiary/aromatic N) is 2. The first-order valence-electron chi connectivity index (χ1n) is 10.1.